The summed E-state index contributed by atoms with van der Waals surface area (Å²) in [5.41, 5.74) is 3.24. The molecule has 0 atom stereocenters. The highest BCUT2D eigenvalue weighted by Crippen LogP contribution is 2.29. The highest BCUT2D eigenvalue weighted by Gasteiger charge is 2.16. The minimum atomic E-state index is 0.711. The third-order valence-electron chi connectivity index (χ3n) is 3.72. The summed E-state index contributed by atoms with van der Waals surface area (Å²) in [5, 5.41) is 10.5. The molecule has 0 N–H and O–H groups in total. The van der Waals surface area contributed by atoms with Crippen LogP contribution in [0.1, 0.15) is 12.0 Å². The van der Waals surface area contributed by atoms with Crippen LogP contribution in [-0.2, 0) is 4.74 Å². The molecule has 1 aromatic heterocycles. The molecule has 0 aliphatic carbocycles. The lowest BCUT2D eigenvalue weighted by Gasteiger charge is -2.11. The fourth-order valence-electron chi connectivity index (χ4n) is 2.52. The molecule has 0 bridgehead atoms. The number of hydrogen-bond donors (Lipinski definition) is 0. The lowest BCUT2D eigenvalue weighted by Crippen LogP contribution is -2.00. The zero-order valence-corrected chi connectivity index (χ0v) is 15.8. The molecule has 0 amide bonds. The van der Waals surface area contributed by atoms with Crippen LogP contribution < -0.4 is 0 Å². The second kappa shape index (κ2) is 8.52. The van der Waals surface area contributed by atoms with Crippen LogP contribution in [0.4, 0.5) is 0 Å². The Bertz CT molecular complexity index is 833. The van der Waals surface area contributed by atoms with Crippen LogP contribution in [0.15, 0.2) is 53.7 Å². The molecule has 1 heterocycles. The van der Waals surface area contributed by atoms with Gasteiger partial charge in [0.1, 0.15) is 0 Å². The number of hydrogen-bond acceptors (Lipinski definition) is 4. The Morgan fingerprint density at radius 2 is 1.92 bits per heavy atom. The van der Waals surface area contributed by atoms with E-state index in [1.54, 1.807) is 18.9 Å². The van der Waals surface area contributed by atoms with Gasteiger partial charge in [0.2, 0.25) is 0 Å². The maximum atomic E-state index is 6.05. The Balaban J connectivity index is 2.00. The van der Waals surface area contributed by atoms with Crippen molar-refractivity contribution in [3.05, 3.63) is 59.1 Å². The van der Waals surface area contributed by atoms with Crippen molar-refractivity contribution in [3.63, 3.8) is 0 Å². The molecule has 0 unspecified atom stereocenters. The average molecular weight is 374 g/mol. The second-order valence-corrected chi connectivity index (χ2v) is 7.18. The molecule has 3 rings (SSSR count). The first-order chi connectivity index (χ1) is 12.2. The summed E-state index contributed by atoms with van der Waals surface area (Å²) in [6, 6.07) is 16.0. The van der Waals surface area contributed by atoms with Crippen molar-refractivity contribution in [1.29, 1.82) is 0 Å². The highest BCUT2D eigenvalue weighted by molar-refractivity contribution is 7.99. The van der Waals surface area contributed by atoms with E-state index in [0.717, 1.165) is 41.0 Å². The van der Waals surface area contributed by atoms with Crippen LogP contribution in [0.2, 0.25) is 5.02 Å². The first kappa shape index (κ1) is 18.0. The van der Waals surface area contributed by atoms with Crippen molar-refractivity contribution in [3.8, 4) is 17.1 Å². The van der Waals surface area contributed by atoms with Gasteiger partial charge in [-0.15, -0.1) is 10.2 Å². The lowest BCUT2D eigenvalue weighted by atomic mass is 10.1. The van der Waals surface area contributed by atoms with Gasteiger partial charge in [-0.2, -0.15) is 0 Å². The van der Waals surface area contributed by atoms with Gasteiger partial charge in [-0.1, -0.05) is 47.1 Å². The summed E-state index contributed by atoms with van der Waals surface area (Å²) < 4.78 is 7.21. The van der Waals surface area contributed by atoms with Gasteiger partial charge in [-0.25, -0.2) is 0 Å². The number of rotatable bonds is 7. The summed E-state index contributed by atoms with van der Waals surface area (Å²) >= 11 is 7.73. The van der Waals surface area contributed by atoms with Gasteiger partial charge in [0.25, 0.3) is 0 Å². The maximum absolute atomic E-state index is 6.05. The van der Waals surface area contributed by atoms with Gasteiger partial charge < -0.3 is 4.74 Å². The van der Waals surface area contributed by atoms with Crippen molar-refractivity contribution in [2.45, 2.75) is 18.5 Å². The third-order valence-corrected chi connectivity index (χ3v) is 4.99. The number of aromatic nitrogens is 3. The predicted octanol–water partition coefficient (Wildman–Crippen LogP) is 5.02. The molecule has 2 aromatic carbocycles. The fourth-order valence-corrected chi connectivity index (χ4v) is 3.51. The molecule has 130 valence electrons. The van der Waals surface area contributed by atoms with Crippen molar-refractivity contribution in [2.75, 3.05) is 19.5 Å². The van der Waals surface area contributed by atoms with Crippen LogP contribution in [-0.4, -0.2) is 34.2 Å². The number of aryl methyl sites for hydroxylation is 1. The first-order valence-corrected chi connectivity index (χ1v) is 9.45. The number of thioether (sulfide) groups is 1. The number of benzene rings is 2. The van der Waals surface area contributed by atoms with E-state index in [0.29, 0.717) is 5.02 Å². The predicted molar refractivity (Wildman–Crippen MR) is 104 cm³/mol. The van der Waals surface area contributed by atoms with Gasteiger partial charge in [-0.3, -0.25) is 4.57 Å². The van der Waals surface area contributed by atoms with Crippen molar-refractivity contribution in [2.24, 2.45) is 0 Å². The molecule has 25 heavy (non-hydrogen) atoms. The van der Waals surface area contributed by atoms with Gasteiger partial charge in [0.15, 0.2) is 11.0 Å². The van der Waals surface area contributed by atoms with Crippen LogP contribution in [0.25, 0.3) is 17.1 Å². The van der Waals surface area contributed by atoms with Crippen molar-refractivity contribution >= 4 is 23.4 Å². The standard InChI is InChI=1S/C19H20ClN3OS/c1-14-5-3-6-15(13-14)18-21-22-19(25-12-4-11-24-2)23(18)17-9-7-16(20)8-10-17/h3,5-10,13H,4,11-12H2,1-2H3. The Morgan fingerprint density at radius 1 is 1.12 bits per heavy atom. The van der Waals surface area contributed by atoms with Crippen molar-refractivity contribution in [1.82, 2.24) is 14.8 Å². The Morgan fingerprint density at radius 3 is 2.64 bits per heavy atom. The number of nitrogens with zero attached hydrogens (tertiary/aromatic N) is 3. The molecule has 0 radical (unpaired) electrons. The minimum Gasteiger partial charge on any atom is -0.385 e. The minimum absolute atomic E-state index is 0.711. The average Bonchev–Trinajstić information content (AvgIpc) is 3.03. The monoisotopic (exact) mass is 373 g/mol. The molecule has 6 heteroatoms. The Labute approximate surface area is 157 Å². The molecule has 0 spiro atoms. The summed E-state index contributed by atoms with van der Waals surface area (Å²) in [7, 11) is 1.72. The smallest absolute Gasteiger partial charge is 0.196 e. The largest absolute Gasteiger partial charge is 0.385 e. The number of methoxy groups -OCH3 is 1. The van der Waals surface area contributed by atoms with E-state index in [-0.39, 0.29) is 0 Å². The second-order valence-electron chi connectivity index (χ2n) is 5.68. The van der Waals surface area contributed by atoms with Crippen molar-refractivity contribution < 1.29 is 4.74 Å². The van der Waals surface area contributed by atoms with E-state index in [4.69, 9.17) is 16.3 Å². The quantitative estimate of drug-likeness (QED) is 0.430. The van der Waals surface area contributed by atoms with E-state index in [9.17, 15) is 0 Å². The zero-order chi connectivity index (χ0) is 17.6. The zero-order valence-electron chi connectivity index (χ0n) is 14.3. The maximum Gasteiger partial charge on any atom is 0.196 e. The summed E-state index contributed by atoms with van der Waals surface area (Å²) in [6.07, 6.45) is 0.967. The molecule has 0 saturated carbocycles. The van der Waals surface area contributed by atoms with E-state index in [1.165, 1.54) is 5.56 Å². The fraction of sp³-hybridized carbons (Fsp3) is 0.263. The van der Waals surface area contributed by atoms with E-state index in [1.807, 2.05) is 30.3 Å². The number of halogens is 1. The molecule has 0 saturated heterocycles. The van der Waals surface area contributed by atoms with E-state index >= 15 is 0 Å². The van der Waals surface area contributed by atoms with E-state index < -0.39 is 0 Å². The van der Waals surface area contributed by atoms with Gasteiger partial charge in [0, 0.05) is 35.7 Å². The van der Waals surface area contributed by atoms with Crippen LogP contribution in [0.3, 0.4) is 0 Å². The molecule has 3 aromatic rings. The summed E-state index contributed by atoms with van der Waals surface area (Å²) in [5.74, 6) is 1.76. The summed E-state index contributed by atoms with van der Waals surface area (Å²) in [4.78, 5) is 0. The lowest BCUT2D eigenvalue weighted by molar-refractivity contribution is 0.200. The van der Waals surface area contributed by atoms with Crippen LogP contribution >= 0.6 is 23.4 Å². The first-order valence-electron chi connectivity index (χ1n) is 8.09. The topological polar surface area (TPSA) is 39.9 Å². The molecule has 0 aliphatic rings. The summed E-state index contributed by atoms with van der Waals surface area (Å²) in [6.45, 7) is 2.82. The molecule has 4 nitrogen and oxygen atoms in total. The molecule has 0 fully saturated rings. The normalized spacial score (nSPS) is 11.0. The molecule has 0 aliphatic heterocycles. The Kier molecular flexibility index (Phi) is 6.13. The highest BCUT2D eigenvalue weighted by atomic mass is 35.5. The van der Waals surface area contributed by atoms with Crippen LogP contribution in [0, 0.1) is 6.92 Å². The van der Waals surface area contributed by atoms with Gasteiger partial charge >= 0.3 is 0 Å². The Hall–Kier alpha value is -1.82. The molecular weight excluding hydrogens is 354 g/mol. The van der Waals surface area contributed by atoms with Gasteiger partial charge in [0.05, 0.1) is 0 Å². The number of ether oxygens (including phenoxy) is 1. The van der Waals surface area contributed by atoms with Crippen LogP contribution in [0.5, 0.6) is 0 Å². The SMILES string of the molecule is COCCCSc1nnc(-c2cccc(C)c2)n1-c1ccc(Cl)cc1. The molecular formula is C19H20ClN3OS. The third kappa shape index (κ3) is 4.42. The van der Waals surface area contributed by atoms with E-state index in [2.05, 4.69) is 39.9 Å². The van der Waals surface area contributed by atoms with Gasteiger partial charge in [-0.05, 0) is 43.7 Å².